The lowest BCUT2D eigenvalue weighted by atomic mass is 9.95. The van der Waals surface area contributed by atoms with Gasteiger partial charge in [-0.15, -0.1) is 0 Å². The molecule has 0 aromatic heterocycles. The lowest BCUT2D eigenvalue weighted by molar-refractivity contribution is -0.198. The number of nitrogens with two attached hydrogens (primary N) is 1. The molecule has 200 valence electrons. The predicted octanol–water partition coefficient (Wildman–Crippen LogP) is 4.68. The van der Waals surface area contributed by atoms with Crippen LogP contribution >= 0.6 is 0 Å². The van der Waals surface area contributed by atoms with Crippen molar-refractivity contribution in [3.05, 3.63) is 54.1 Å². The van der Waals surface area contributed by atoms with Gasteiger partial charge in [0.1, 0.15) is 11.2 Å². The second-order valence-electron chi connectivity index (χ2n) is 9.90. The SMILES string of the molecule is CC(C)(F)C[C@H](N)C(=O)N([C@@H](c1ccc(-c2ccc(NS(C)(=O)=O)cc2)cc1)C(F)(F)F)C1(C#N)CC1. The molecule has 0 bridgehead atoms. The minimum Gasteiger partial charge on any atom is -0.320 e. The van der Waals surface area contributed by atoms with Crippen LogP contribution in [0.1, 0.15) is 44.7 Å². The van der Waals surface area contributed by atoms with Crippen molar-refractivity contribution in [2.75, 3.05) is 11.0 Å². The monoisotopic (exact) mass is 540 g/mol. The number of nitrogens with one attached hydrogen (secondary N) is 1. The van der Waals surface area contributed by atoms with Gasteiger partial charge in [-0.25, -0.2) is 12.8 Å². The predicted molar refractivity (Wildman–Crippen MR) is 131 cm³/mol. The van der Waals surface area contributed by atoms with Crippen LogP contribution in [0.3, 0.4) is 0 Å². The molecule has 1 amide bonds. The molecule has 1 fully saturated rings. The Morgan fingerprint density at radius 1 is 1.08 bits per heavy atom. The first-order valence-electron chi connectivity index (χ1n) is 11.4. The maximum absolute atomic E-state index is 14.4. The van der Waals surface area contributed by atoms with Crippen molar-refractivity contribution in [2.24, 2.45) is 5.73 Å². The largest absolute Gasteiger partial charge is 0.413 e. The van der Waals surface area contributed by atoms with Crippen molar-refractivity contribution < 1.29 is 30.8 Å². The molecule has 1 aliphatic rings. The summed E-state index contributed by atoms with van der Waals surface area (Å²) < 4.78 is 82.5. The van der Waals surface area contributed by atoms with E-state index in [1.165, 1.54) is 50.2 Å². The number of nitrogens with zero attached hydrogens (tertiary/aromatic N) is 2. The number of halogens is 4. The molecule has 2 aromatic rings. The van der Waals surface area contributed by atoms with Crippen LogP contribution in [0.5, 0.6) is 0 Å². The van der Waals surface area contributed by atoms with Crippen molar-refractivity contribution in [1.29, 1.82) is 5.26 Å². The smallest absolute Gasteiger partial charge is 0.320 e. The molecule has 3 rings (SSSR count). The van der Waals surface area contributed by atoms with E-state index < -0.39 is 51.8 Å². The summed E-state index contributed by atoms with van der Waals surface area (Å²) in [5, 5.41) is 9.67. The number of anilines is 1. The Morgan fingerprint density at radius 3 is 1.95 bits per heavy atom. The van der Waals surface area contributed by atoms with Gasteiger partial charge in [-0.1, -0.05) is 36.4 Å². The fourth-order valence-corrected chi connectivity index (χ4v) is 4.75. The number of sulfonamides is 1. The van der Waals surface area contributed by atoms with E-state index in [-0.39, 0.29) is 18.4 Å². The second kappa shape index (κ2) is 9.95. The van der Waals surface area contributed by atoms with Crippen molar-refractivity contribution >= 4 is 21.6 Å². The van der Waals surface area contributed by atoms with Gasteiger partial charge in [0.15, 0.2) is 6.04 Å². The molecule has 0 heterocycles. The highest BCUT2D eigenvalue weighted by molar-refractivity contribution is 7.92. The summed E-state index contributed by atoms with van der Waals surface area (Å²) in [5.74, 6) is -1.13. The number of alkyl halides is 4. The molecule has 0 spiro atoms. The highest BCUT2D eigenvalue weighted by atomic mass is 32.2. The number of carbonyl (C=O) groups excluding carboxylic acids is 1. The number of carbonyl (C=O) groups is 1. The Bertz CT molecular complexity index is 1280. The zero-order chi connectivity index (χ0) is 27.8. The zero-order valence-electron chi connectivity index (χ0n) is 20.5. The number of hydrogen-bond donors (Lipinski definition) is 2. The van der Waals surface area contributed by atoms with Crippen LogP contribution in [-0.2, 0) is 14.8 Å². The van der Waals surface area contributed by atoms with Crippen molar-refractivity contribution in [1.82, 2.24) is 4.90 Å². The van der Waals surface area contributed by atoms with Gasteiger partial charge in [-0.2, -0.15) is 18.4 Å². The fraction of sp³-hybridized carbons (Fsp3) is 0.440. The van der Waals surface area contributed by atoms with Gasteiger partial charge in [-0.3, -0.25) is 9.52 Å². The van der Waals surface area contributed by atoms with Gasteiger partial charge in [0.05, 0.1) is 18.4 Å². The summed E-state index contributed by atoms with van der Waals surface area (Å²) in [7, 11) is -3.47. The number of amides is 1. The molecule has 1 saturated carbocycles. The average Bonchev–Trinajstić information content (AvgIpc) is 3.55. The third-order valence-corrected chi connectivity index (χ3v) is 6.58. The van der Waals surface area contributed by atoms with Gasteiger partial charge >= 0.3 is 6.18 Å². The van der Waals surface area contributed by atoms with E-state index in [0.29, 0.717) is 21.7 Å². The summed E-state index contributed by atoms with van der Waals surface area (Å²) in [6, 6.07) is 9.37. The van der Waals surface area contributed by atoms with Gasteiger partial charge in [-0.05, 0) is 55.5 Å². The lowest BCUT2D eigenvalue weighted by Gasteiger charge is -2.38. The Morgan fingerprint density at radius 2 is 1.57 bits per heavy atom. The molecule has 37 heavy (non-hydrogen) atoms. The number of rotatable bonds is 9. The van der Waals surface area contributed by atoms with Crippen molar-refractivity contribution in [3.8, 4) is 17.2 Å². The first kappa shape index (κ1) is 28.4. The molecule has 0 aliphatic heterocycles. The maximum atomic E-state index is 14.4. The van der Waals surface area contributed by atoms with Crippen molar-refractivity contribution in [2.45, 2.75) is 62.6 Å². The van der Waals surface area contributed by atoms with Gasteiger partial charge in [0.25, 0.3) is 0 Å². The third-order valence-electron chi connectivity index (χ3n) is 5.97. The molecule has 1 aliphatic carbocycles. The van der Waals surface area contributed by atoms with E-state index in [0.717, 1.165) is 6.26 Å². The van der Waals surface area contributed by atoms with Gasteiger partial charge in [0, 0.05) is 12.1 Å². The second-order valence-corrected chi connectivity index (χ2v) is 11.6. The first-order chi connectivity index (χ1) is 17.0. The van der Waals surface area contributed by atoms with Crippen LogP contribution in [0.2, 0.25) is 0 Å². The fourth-order valence-electron chi connectivity index (χ4n) is 4.19. The van der Waals surface area contributed by atoms with E-state index in [9.17, 15) is 36.0 Å². The van der Waals surface area contributed by atoms with Crippen LogP contribution in [0, 0.1) is 11.3 Å². The van der Waals surface area contributed by atoms with Crippen LogP contribution in [0.25, 0.3) is 11.1 Å². The molecule has 2 aromatic carbocycles. The summed E-state index contributed by atoms with van der Waals surface area (Å²) in [4.78, 5) is 13.7. The summed E-state index contributed by atoms with van der Waals surface area (Å²) in [5.41, 5.74) is 3.49. The molecule has 0 radical (unpaired) electrons. The molecule has 7 nitrogen and oxygen atoms in total. The highest BCUT2D eigenvalue weighted by Crippen LogP contribution is 2.50. The van der Waals surface area contributed by atoms with E-state index in [1.54, 1.807) is 12.1 Å². The standard InChI is InChI=1S/C25H28F4N4O3S/c1-23(2,26)14-20(31)22(34)33(24(15-30)12-13-24)21(25(27,28)29)18-6-4-16(5-7-18)17-8-10-19(11-9-17)32-37(3,35)36/h4-11,20-21,32H,12-14,31H2,1-3H3/t20-,21-/m0/s1. The van der Waals surface area contributed by atoms with E-state index in [1.807, 2.05) is 6.07 Å². The summed E-state index contributed by atoms with van der Waals surface area (Å²) >= 11 is 0. The van der Waals surface area contributed by atoms with E-state index in [4.69, 9.17) is 5.73 Å². The third kappa shape index (κ3) is 6.99. The molecule has 3 N–H and O–H groups in total. The normalized spacial score (nSPS) is 16.8. The molecule has 12 heteroatoms. The first-order valence-corrected chi connectivity index (χ1v) is 13.3. The number of benzene rings is 2. The Balaban J connectivity index is 1.97. The minimum absolute atomic E-state index is 0.0551. The quantitative estimate of drug-likeness (QED) is 0.448. The zero-order valence-corrected chi connectivity index (χ0v) is 21.3. The molecular weight excluding hydrogens is 512 g/mol. The summed E-state index contributed by atoms with van der Waals surface area (Å²) in [6.07, 6.45) is -4.32. The van der Waals surface area contributed by atoms with Crippen molar-refractivity contribution in [3.63, 3.8) is 0 Å². The molecule has 0 saturated heterocycles. The summed E-state index contributed by atoms with van der Waals surface area (Å²) in [6.45, 7) is 2.34. The van der Waals surface area contributed by atoms with E-state index >= 15 is 0 Å². The van der Waals surface area contributed by atoms with Crippen LogP contribution in [0.15, 0.2) is 48.5 Å². The van der Waals surface area contributed by atoms with Crippen LogP contribution < -0.4 is 10.5 Å². The average molecular weight is 541 g/mol. The van der Waals surface area contributed by atoms with Crippen LogP contribution in [0.4, 0.5) is 23.2 Å². The lowest BCUT2D eigenvalue weighted by Crippen LogP contribution is -2.55. The Labute approximate surface area is 213 Å². The number of nitriles is 1. The minimum atomic E-state index is -4.94. The van der Waals surface area contributed by atoms with Crippen LogP contribution in [-0.4, -0.2) is 48.9 Å². The topological polar surface area (TPSA) is 116 Å². The molecular formula is C25H28F4N4O3S. The number of hydrogen-bond acceptors (Lipinski definition) is 5. The van der Waals surface area contributed by atoms with Gasteiger partial charge < -0.3 is 10.6 Å². The maximum Gasteiger partial charge on any atom is 0.413 e. The Hall–Kier alpha value is -3.17. The van der Waals surface area contributed by atoms with E-state index in [2.05, 4.69) is 4.72 Å². The highest BCUT2D eigenvalue weighted by Gasteiger charge is 2.60. The molecule has 2 atom stereocenters. The van der Waals surface area contributed by atoms with Gasteiger partial charge in [0.2, 0.25) is 15.9 Å². The Kier molecular flexibility index (Phi) is 7.63. The molecule has 0 unspecified atom stereocenters.